The zero-order chi connectivity index (χ0) is 25.1. The number of benzene rings is 3. The van der Waals surface area contributed by atoms with E-state index in [9.17, 15) is 26.4 Å². The van der Waals surface area contributed by atoms with Crippen molar-refractivity contribution < 1.29 is 31.1 Å². The van der Waals surface area contributed by atoms with E-state index in [1.54, 1.807) is 12.1 Å². The Balaban J connectivity index is 1.76. The maximum absolute atomic E-state index is 12.8. The second-order valence-corrected chi connectivity index (χ2v) is 9.72. The van der Waals surface area contributed by atoms with Gasteiger partial charge in [0.05, 0.1) is 22.7 Å². The Hall–Kier alpha value is -2.95. The van der Waals surface area contributed by atoms with Crippen molar-refractivity contribution in [2.24, 2.45) is 0 Å². The molecule has 0 aliphatic rings. The van der Waals surface area contributed by atoms with Crippen LogP contribution in [0.1, 0.15) is 5.56 Å². The lowest BCUT2D eigenvalue weighted by molar-refractivity contribution is -0.274. The molecule has 0 saturated heterocycles. The number of rotatable bonds is 7. The third kappa shape index (κ3) is 7.28. The average Bonchev–Trinajstić information content (AvgIpc) is 2.68. The number of nitrogens with one attached hydrogen (secondary N) is 2. The van der Waals surface area contributed by atoms with Crippen molar-refractivity contribution in [3.63, 3.8) is 0 Å². The summed E-state index contributed by atoms with van der Waals surface area (Å²) in [5.41, 5.74) is 1.37. The van der Waals surface area contributed by atoms with Crippen LogP contribution in [-0.2, 0) is 21.2 Å². The zero-order valence-electron chi connectivity index (χ0n) is 17.4. The van der Waals surface area contributed by atoms with Gasteiger partial charge in [0, 0.05) is 22.5 Å². The van der Waals surface area contributed by atoms with E-state index in [0.717, 1.165) is 12.3 Å². The van der Waals surface area contributed by atoms with E-state index >= 15 is 0 Å². The second kappa shape index (κ2) is 10.1. The van der Waals surface area contributed by atoms with Crippen molar-refractivity contribution in [3.05, 3.63) is 76.3 Å². The summed E-state index contributed by atoms with van der Waals surface area (Å²) in [5.74, 6) is -0.881. The van der Waals surface area contributed by atoms with Gasteiger partial charge in [0.1, 0.15) is 5.75 Å². The van der Waals surface area contributed by atoms with Gasteiger partial charge in [-0.25, -0.2) is 8.42 Å². The lowest BCUT2D eigenvalue weighted by Crippen LogP contribution is -2.17. The fourth-order valence-electron chi connectivity index (χ4n) is 3.08. The van der Waals surface area contributed by atoms with Gasteiger partial charge in [-0.1, -0.05) is 53.5 Å². The van der Waals surface area contributed by atoms with Crippen molar-refractivity contribution >= 4 is 50.5 Å². The number of ether oxygens (including phenoxy) is 1. The van der Waals surface area contributed by atoms with Crippen LogP contribution >= 0.6 is 23.2 Å². The Bertz CT molecular complexity index is 1290. The highest BCUT2D eigenvalue weighted by atomic mass is 35.5. The predicted molar refractivity (Wildman–Crippen MR) is 126 cm³/mol. The first kappa shape index (κ1) is 25.7. The number of hydrogen-bond donors (Lipinski definition) is 2. The molecule has 0 saturated carbocycles. The predicted octanol–water partition coefficient (Wildman–Crippen LogP) is 6.11. The van der Waals surface area contributed by atoms with Crippen molar-refractivity contribution in [3.8, 4) is 16.9 Å². The number of sulfonamides is 1. The quantitative estimate of drug-likeness (QED) is 0.384. The molecule has 0 aliphatic carbocycles. The molecular weight excluding hydrogens is 516 g/mol. The monoisotopic (exact) mass is 532 g/mol. The van der Waals surface area contributed by atoms with Crippen LogP contribution in [0.4, 0.5) is 24.5 Å². The van der Waals surface area contributed by atoms with Crippen LogP contribution < -0.4 is 14.8 Å². The van der Waals surface area contributed by atoms with Crippen LogP contribution in [0.25, 0.3) is 11.1 Å². The Labute approximate surface area is 203 Å². The normalized spacial score (nSPS) is 11.7. The first-order valence-electron chi connectivity index (χ1n) is 9.51. The number of amides is 1. The minimum atomic E-state index is -4.90. The number of halogens is 5. The highest BCUT2D eigenvalue weighted by molar-refractivity contribution is 7.92. The van der Waals surface area contributed by atoms with E-state index in [-0.39, 0.29) is 33.3 Å². The summed E-state index contributed by atoms with van der Waals surface area (Å²) in [7, 11) is -3.42. The van der Waals surface area contributed by atoms with Gasteiger partial charge in [0.15, 0.2) is 0 Å². The van der Waals surface area contributed by atoms with Crippen molar-refractivity contribution in [2.75, 3.05) is 16.3 Å². The SMILES string of the molecule is CS(=O)(=O)Nc1ccc(CC(=O)Nc2cc(Cl)c(-c3ccccc3OC(F)(F)F)c(Cl)c2)cc1. The molecule has 3 aromatic carbocycles. The summed E-state index contributed by atoms with van der Waals surface area (Å²) >= 11 is 12.6. The summed E-state index contributed by atoms with van der Waals surface area (Å²) in [4.78, 5) is 12.4. The van der Waals surface area contributed by atoms with Crippen LogP contribution in [0.15, 0.2) is 60.7 Å². The third-order valence-electron chi connectivity index (χ3n) is 4.33. The summed E-state index contributed by atoms with van der Waals surface area (Å²) in [6.07, 6.45) is -3.90. The highest BCUT2D eigenvalue weighted by Crippen LogP contribution is 2.42. The molecule has 0 atom stereocenters. The molecule has 0 fully saturated rings. The molecule has 6 nitrogen and oxygen atoms in total. The van der Waals surface area contributed by atoms with E-state index in [1.165, 1.54) is 42.5 Å². The Morgan fingerprint density at radius 2 is 1.56 bits per heavy atom. The smallest absolute Gasteiger partial charge is 0.405 e. The Morgan fingerprint density at radius 3 is 2.12 bits per heavy atom. The number of anilines is 2. The molecule has 2 N–H and O–H groups in total. The highest BCUT2D eigenvalue weighted by Gasteiger charge is 2.32. The fraction of sp³-hybridized carbons (Fsp3) is 0.136. The maximum atomic E-state index is 12.8. The van der Waals surface area contributed by atoms with E-state index in [2.05, 4.69) is 14.8 Å². The van der Waals surface area contributed by atoms with Crippen LogP contribution in [0.3, 0.4) is 0 Å². The van der Waals surface area contributed by atoms with Gasteiger partial charge in [-0.05, 0) is 35.9 Å². The van der Waals surface area contributed by atoms with Crippen molar-refractivity contribution in [2.45, 2.75) is 12.8 Å². The van der Waals surface area contributed by atoms with E-state index in [1.807, 2.05) is 0 Å². The number of para-hydroxylation sites is 1. The standard InChI is InChI=1S/C22H17Cl2F3N2O4S/c1-34(31,32)29-14-8-6-13(7-9-14)10-20(30)28-15-11-17(23)21(18(24)12-15)16-4-2-3-5-19(16)33-22(25,26)27/h2-9,11-12,29H,10H2,1H3,(H,28,30). The molecule has 0 spiro atoms. The van der Waals surface area contributed by atoms with E-state index < -0.39 is 28.0 Å². The average molecular weight is 533 g/mol. The minimum Gasteiger partial charge on any atom is -0.405 e. The van der Waals surface area contributed by atoms with Crippen LogP contribution in [0.2, 0.25) is 10.0 Å². The van der Waals surface area contributed by atoms with Crippen LogP contribution in [0.5, 0.6) is 5.75 Å². The van der Waals surface area contributed by atoms with Crippen molar-refractivity contribution in [1.29, 1.82) is 0 Å². The summed E-state index contributed by atoms with van der Waals surface area (Å²) in [6, 6.07) is 14.4. The number of hydrogen-bond acceptors (Lipinski definition) is 4. The Morgan fingerprint density at radius 1 is 0.971 bits per heavy atom. The molecular formula is C22H17Cl2F3N2O4S. The molecule has 12 heteroatoms. The molecule has 180 valence electrons. The van der Waals surface area contributed by atoms with E-state index in [0.29, 0.717) is 11.3 Å². The number of carbonyl (C=O) groups excluding carboxylic acids is 1. The largest absolute Gasteiger partial charge is 0.573 e. The molecule has 0 radical (unpaired) electrons. The van der Waals surface area contributed by atoms with Gasteiger partial charge in [0.2, 0.25) is 15.9 Å². The van der Waals surface area contributed by atoms with Gasteiger partial charge in [-0.2, -0.15) is 0 Å². The second-order valence-electron chi connectivity index (χ2n) is 7.15. The molecule has 0 heterocycles. The first-order valence-corrected chi connectivity index (χ1v) is 12.2. The van der Waals surface area contributed by atoms with Crippen LogP contribution in [0, 0.1) is 0 Å². The maximum Gasteiger partial charge on any atom is 0.573 e. The fourth-order valence-corrected chi connectivity index (χ4v) is 4.34. The Kier molecular flexibility index (Phi) is 7.64. The third-order valence-corrected chi connectivity index (χ3v) is 5.53. The number of alkyl halides is 3. The molecule has 0 aliphatic heterocycles. The minimum absolute atomic E-state index is 0.0113. The lowest BCUT2D eigenvalue weighted by atomic mass is 10.0. The first-order chi connectivity index (χ1) is 15.8. The summed E-state index contributed by atoms with van der Waals surface area (Å²) < 4.78 is 67.2. The molecule has 34 heavy (non-hydrogen) atoms. The zero-order valence-corrected chi connectivity index (χ0v) is 19.7. The summed E-state index contributed by atoms with van der Waals surface area (Å²) in [5, 5.41) is 2.65. The van der Waals surface area contributed by atoms with Gasteiger partial charge >= 0.3 is 6.36 Å². The molecule has 0 unspecified atom stereocenters. The summed E-state index contributed by atoms with van der Waals surface area (Å²) in [6.45, 7) is 0. The number of carbonyl (C=O) groups is 1. The van der Waals surface area contributed by atoms with Gasteiger partial charge in [0.25, 0.3) is 0 Å². The van der Waals surface area contributed by atoms with Crippen LogP contribution in [-0.4, -0.2) is 26.9 Å². The molecule has 3 aromatic rings. The lowest BCUT2D eigenvalue weighted by Gasteiger charge is -2.16. The molecule has 0 aromatic heterocycles. The molecule has 3 rings (SSSR count). The van der Waals surface area contributed by atoms with E-state index in [4.69, 9.17) is 23.2 Å². The topological polar surface area (TPSA) is 84.5 Å². The molecule has 1 amide bonds. The molecule has 0 bridgehead atoms. The van der Waals surface area contributed by atoms with Gasteiger partial charge in [-0.3, -0.25) is 9.52 Å². The van der Waals surface area contributed by atoms with Gasteiger partial charge in [-0.15, -0.1) is 13.2 Å². The van der Waals surface area contributed by atoms with Crippen molar-refractivity contribution in [1.82, 2.24) is 0 Å². The van der Waals surface area contributed by atoms with Gasteiger partial charge < -0.3 is 10.1 Å².